The third kappa shape index (κ3) is 4.51. The summed E-state index contributed by atoms with van der Waals surface area (Å²) in [5.74, 6) is -2.02. The normalized spacial score (nSPS) is 13.7. The third-order valence-electron chi connectivity index (χ3n) is 2.45. The maximum absolute atomic E-state index is 10.9. The number of aliphatic hydroxyl groups excluding tert-OH is 1. The Bertz CT molecular complexity index is 322. The molecule has 18 heavy (non-hydrogen) atoms. The molecule has 1 atom stereocenters. The van der Waals surface area contributed by atoms with Gasteiger partial charge in [-0.2, -0.15) is 0 Å². The molecule has 7 N–H and O–H groups in total. The number of carbonyl (C=O) groups is 1. The van der Waals surface area contributed by atoms with Crippen molar-refractivity contribution >= 4 is 11.9 Å². The highest BCUT2D eigenvalue weighted by atomic mass is 16.7. The van der Waals surface area contributed by atoms with E-state index in [2.05, 4.69) is 0 Å². The molecule has 0 heterocycles. The van der Waals surface area contributed by atoms with Gasteiger partial charge in [-0.05, 0) is 19.3 Å². The van der Waals surface area contributed by atoms with Gasteiger partial charge < -0.3 is 21.7 Å². The van der Waals surface area contributed by atoms with Gasteiger partial charge in [0, 0.05) is 6.61 Å². The number of carboxylic acid groups (broad SMARTS) is 1. The lowest BCUT2D eigenvalue weighted by atomic mass is 9.91. The molecule has 104 valence electrons. The lowest BCUT2D eigenvalue weighted by Crippen LogP contribution is -2.49. The molecule has 10 heteroatoms. The summed E-state index contributed by atoms with van der Waals surface area (Å²) in [6.45, 7) is -0.617. The fourth-order valence-corrected chi connectivity index (χ4v) is 1.37. The van der Waals surface area contributed by atoms with Crippen molar-refractivity contribution < 1.29 is 20.0 Å². The van der Waals surface area contributed by atoms with Gasteiger partial charge in [0.05, 0.1) is 6.54 Å². The number of hydrogen-bond acceptors (Lipinski definition) is 6. The number of nitrogens with zero attached hydrogens (tertiary/aromatic N) is 2. The topological polar surface area (TPSA) is 180 Å². The monoisotopic (exact) mass is 263 g/mol. The van der Waals surface area contributed by atoms with Crippen molar-refractivity contribution in [1.82, 2.24) is 5.01 Å². The molecule has 0 unspecified atom stereocenters. The number of rotatable bonds is 8. The highest BCUT2D eigenvalue weighted by Gasteiger charge is 2.33. The minimum atomic E-state index is -1.63. The van der Waals surface area contributed by atoms with Gasteiger partial charge in [0.15, 0.2) is 5.03 Å². The Morgan fingerprint density at radius 2 is 2.06 bits per heavy atom. The number of nitrogens with two attached hydrogens (primary N) is 2. The van der Waals surface area contributed by atoms with Gasteiger partial charge in [-0.1, -0.05) is 5.01 Å². The predicted octanol–water partition coefficient (Wildman–Crippen LogP) is -1.68. The number of hydrazine groups is 1. The Balaban J connectivity index is 4.42. The summed E-state index contributed by atoms with van der Waals surface area (Å²) in [4.78, 5) is 21.4. The molecule has 0 rings (SSSR count). The first-order chi connectivity index (χ1) is 8.24. The molecule has 0 spiro atoms. The van der Waals surface area contributed by atoms with Crippen LogP contribution in [0, 0.1) is 15.5 Å². The average molecular weight is 263 g/mol. The Morgan fingerprint density at radius 3 is 2.39 bits per heavy atom. The summed E-state index contributed by atoms with van der Waals surface area (Å²) in [6.07, 6.45) is -0.162. The second-order valence-corrected chi connectivity index (χ2v) is 3.78. The number of nitrogens with one attached hydrogen (secondary N) is 1. The molecule has 0 fully saturated rings. The number of hydrogen-bond donors (Lipinski definition) is 5. The van der Waals surface area contributed by atoms with Crippen LogP contribution in [-0.4, -0.2) is 50.9 Å². The molecule has 0 amide bonds. The Labute approximate surface area is 103 Å². The van der Waals surface area contributed by atoms with Crippen molar-refractivity contribution in [2.45, 2.75) is 24.8 Å². The molecule has 0 bridgehead atoms. The molecule has 0 aromatic carbocycles. The van der Waals surface area contributed by atoms with Crippen LogP contribution in [0.1, 0.15) is 19.3 Å². The van der Waals surface area contributed by atoms with Crippen LogP contribution in [0.5, 0.6) is 0 Å². The number of carboxylic acids is 1. The first-order valence-electron chi connectivity index (χ1n) is 5.13. The number of nitro groups is 1. The molecule has 0 aliphatic rings. The number of guanidine groups is 1. The van der Waals surface area contributed by atoms with Crippen LogP contribution in [0.15, 0.2) is 0 Å². The minimum Gasteiger partial charge on any atom is -0.480 e. The zero-order chi connectivity index (χ0) is 14.3. The highest BCUT2D eigenvalue weighted by molar-refractivity contribution is 5.78. The first-order valence-corrected chi connectivity index (χ1v) is 5.13. The van der Waals surface area contributed by atoms with Crippen LogP contribution in [0.3, 0.4) is 0 Å². The Kier molecular flexibility index (Phi) is 5.99. The van der Waals surface area contributed by atoms with Crippen molar-refractivity contribution in [3.63, 3.8) is 0 Å². The molecule has 0 aromatic heterocycles. The molecule has 10 nitrogen and oxygen atoms in total. The van der Waals surface area contributed by atoms with E-state index in [1.54, 1.807) is 0 Å². The fourth-order valence-electron chi connectivity index (χ4n) is 1.37. The van der Waals surface area contributed by atoms with Crippen molar-refractivity contribution in [2.24, 2.45) is 11.5 Å². The van der Waals surface area contributed by atoms with Gasteiger partial charge in [0.1, 0.15) is 5.54 Å². The van der Waals surface area contributed by atoms with E-state index in [-0.39, 0.29) is 25.8 Å². The molecule has 0 saturated heterocycles. The van der Waals surface area contributed by atoms with Gasteiger partial charge in [-0.25, -0.2) is 10.1 Å². The Hall–Kier alpha value is -1.94. The largest absolute Gasteiger partial charge is 0.480 e. The van der Waals surface area contributed by atoms with E-state index >= 15 is 0 Å². The zero-order valence-corrected chi connectivity index (χ0v) is 9.70. The maximum atomic E-state index is 10.9. The van der Waals surface area contributed by atoms with Crippen LogP contribution < -0.4 is 11.5 Å². The van der Waals surface area contributed by atoms with Gasteiger partial charge >= 0.3 is 5.97 Å². The highest BCUT2D eigenvalue weighted by Crippen LogP contribution is 2.15. The van der Waals surface area contributed by atoms with Gasteiger partial charge in [0.2, 0.25) is 0 Å². The predicted molar refractivity (Wildman–Crippen MR) is 61.1 cm³/mol. The van der Waals surface area contributed by atoms with Gasteiger partial charge in [-0.15, -0.1) is 0 Å². The average Bonchev–Trinajstić information content (AvgIpc) is 2.23. The van der Waals surface area contributed by atoms with Gasteiger partial charge in [0.25, 0.3) is 5.96 Å². The fraction of sp³-hybridized carbons (Fsp3) is 0.750. The lowest BCUT2D eigenvalue weighted by molar-refractivity contribution is -0.629. The van der Waals surface area contributed by atoms with Crippen molar-refractivity contribution in [1.29, 1.82) is 5.41 Å². The summed E-state index contributed by atoms with van der Waals surface area (Å²) >= 11 is 0. The lowest BCUT2D eigenvalue weighted by Gasteiger charge is -2.24. The summed E-state index contributed by atoms with van der Waals surface area (Å²) in [5, 5.41) is 34.6. The van der Waals surface area contributed by atoms with E-state index in [0.717, 1.165) is 0 Å². The second-order valence-electron chi connectivity index (χ2n) is 3.78. The van der Waals surface area contributed by atoms with E-state index in [1.165, 1.54) is 0 Å². The van der Waals surface area contributed by atoms with E-state index < -0.39 is 29.1 Å². The standard InChI is InChI=1S/C8H17N5O5/c9-7(10)12(13(17)18)4-1-2-8(11,3-5-14)6(15)16/h14H,1-5,11H2,(H3,9,10)(H,15,16)/t8-/m1/s1. The van der Waals surface area contributed by atoms with Crippen LogP contribution in [-0.2, 0) is 4.79 Å². The van der Waals surface area contributed by atoms with Crippen LogP contribution in [0.4, 0.5) is 0 Å². The van der Waals surface area contributed by atoms with Crippen LogP contribution in [0.2, 0.25) is 0 Å². The molecular formula is C8H17N5O5. The molecule has 0 aliphatic carbocycles. The van der Waals surface area contributed by atoms with E-state index in [4.69, 9.17) is 27.1 Å². The maximum Gasteiger partial charge on any atom is 0.323 e. The number of aliphatic carboxylic acids is 1. The number of aliphatic hydroxyl groups is 1. The molecule has 0 radical (unpaired) electrons. The summed E-state index contributed by atoms with van der Waals surface area (Å²) in [7, 11) is 0. The summed E-state index contributed by atoms with van der Waals surface area (Å²) in [6, 6.07) is 0. The molecule has 0 aliphatic heterocycles. The quantitative estimate of drug-likeness (QED) is 0.149. The van der Waals surface area contributed by atoms with Gasteiger partial charge in [-0.3, -0.25) is 10.2 Å². The zero-order valence-electron chi connectivity index (χ0n) is 9.70. The summed E-state index contributed by atoms with van der Waals surface area (Å²) < 4.78 is 0. The van der Waals surface area contributed by atoms with Crippen LogP contribution >= 0.6 is 0 Å². The smallest absolute Gasteiger partial charge is 0.323 e. The SMILES string of the molecule is N=C(N)N(CCC[C@@](N)(CCO)C(=O)O)[N+](=O)[O-]. The molecule has 0 saturated carbocycles. The van der Waals surface area contributed by atoms with E-state index in [9.17, 15) is 14.9 Å². The van der Waals surface area contributed by atoms with Crippen LogP contribution in [0.25, 0.3) is 0 Å². The molecular weight excluding hydrogens is 246 g/mol. The first kappa shape index (κ1) is 16.1. The minimum absolute atomic E-state index is 0.0589. The van der Waals surface area contributed by atoms with E-state index in [0.29, 0.717) is 5.01 Å². The molecule has 0 aromatic rings. The van der Waals surface area contributed by atoms with Crippen molar-refractivity contribution in [3.8, 4) is 0 Å². The summed E-state index contributed by atoms with van der Waals surface area (Å²) in [5.41, 5.74) is 8.91. The van der Waals surface area contributed by atoms with Crippen molar-refractivity contribution in [3.05, 3.63) is 10.1 Å². The van der Waals surface area contributed by atoms with E-state index in [1.807, 2.05) is 0 Å². The Morgan fingerprint density at radius 1 is 1.50 bits per heavy atom. The third-order valence-corrected chi connectivity index (χ3v) is 2.45. The second kappa shape index (κ2) is 6.71. The van der Waals surface area contributed by atoms with Crippen molar-refractivity contribution in [2.75, 3.05) is 13.2 Å².